The van der Waals surface area contributed by atoms with Crippen LogP contribution in [-0.4, -0.2) is 87.7 Å². The van der Waals surface area contributed by atoms with Crippen molar-refractivity contribution in [2.24, 2.45) is 5.41 Å². The number of nitrogens with one attached hydrogen (secondary N) is 2. The molecule has 3 unspecified atom stereocenters. The molecule has 0 amide bonds. The Balaban J connectivity index is 1.38. The monoisotopic (exact) mass is 660 g/mol. The predicted octanol–water partition coefficient (Wildman–Crippen LogP) is 6.02. The van der Waals surface area contributed by atoms with Gasteiger partial charge in [0.2, 0.25) is 0 Å². The summed E-state index contributed by atoms with van der Waals surface area (Å²) in [5.74, 6) is 0.0350. The Labute approximate surface area is 266 Å². The highest BCUT2D eigenvalue weighted by molar-refractivity contribution is 7.90. The first-order chi connectivity index (χ1) is 21.5. The SMILES string of the molecule is CS(=O)(=O)CC1(CNC2C(F)C(N3CCC[C@@H]3c3ccc(C(F)(F)F)cc3)NCN2C2CCCCCCCCC2)CCOCC1. The minimum absolute atomic E-state index is 0.0350. The maximum Gasteiger partial charge on any atom is 0.416 e. The van der Waals surface area contributed by atoms with E-state index in [0.29, 0.717) is 45.8 Å². The van der Waals surface area contributed by atoms with Gasteiger partial charge in [-0.2, -0.15) is 13.2 Å². The van der Waals surface area contributed by atoms with Gasteiger partial charge in [0.1, 0.15) is 9.84 Å². The Morgan fingerprint density at radius 2 is 1.56 bits per heavy atom. The molecule has 3 saturated heterocycles. The van der Waals surface area contributed by atoms with Crippen molar-refractivity contribution >= 4 is 9.84 Å². The molecular formula is C33H52F4N4O3S. The van der Waals surface area contributed by atoms with Crippen molar-refractivity contribution in [1.82, 2.24) is 20.4 Å². The van der Waals surface area contributed by atoms with E-state index in [-0.39, 0.29) is 17.8 Å². The van der Waals surface area contributed by atoms with Gasteiger partial charge < -0.3 is 4.74 Å². The van der Waals surface area contributed by atoms with Gasteiger partial charge in [-0.05, 0) is 56.2 Å². The second-order valence-corrected chi connectivity index (χ2v) is 16.1. The van der Waals surface area contributed by atoms with Gasteiger partial charge in [0.15, 0.2) is 6.17 Å². The molecule has 1 saturated carbocycles. The third-order valence-corrected chi connectivity index (χ3v) is 11.7. The Morgan fingerprint density at radius 1 is 0.933 bits per heavy atom. The number of hydrogen-bond acceptors (Lipinski definition) is 7. The van der Waals surface area contributed by atoms with Crippen molar-refractivity contribution in [2.45, 2.75) is 120 Å². The smallest absolute Gasteiger partial charge is 0.381 e. The quantitative estimate of drug-likeness (QED) is 0.331. The molecule has 0 spiro atoms. The predicted molar refractivity (Wildman–Crippen MR) is 168 cm³/mol. The van der Waals surface area contributed by atoms with Gasteiger partial charge in [-0.1, -0.05) is 57.1 Å². The van der Waals surface area contributed by atoms with Crippen molar-refractivity contribution in [3.8, 4) is 0 Å². The second-order valence-electron chi connectivity index (χ2n) is 14.0. The molecule has 3 aliphatic heterocycles. The topological polar surface area (TPSA) is 73.9 Å². The summed E-state index contributed by atoms with van der Waals surface area (Å²) in [6.07, 6.45) is 7.38. The number of rotatable bonds is 8. The second kappa shape index (κ2) is 15.3. The molecule has 5 rings (SSSR count). The summed E-state index contributed by atoms with van der Waals surface area (Å²) in [7, 11) is -3.27. The molecule has 1 aromatic carbocycles. The number of nitrogens with zero attached hydrogens (tertiary/aromatic N) is 2. The van der Waals surface area contributed by atoms with E-state index >= 15 is 4.39 Å². The van der Waals surface area contributed by atoms with Gasteiger partial charge in [-0.25, -0.2) is 12.8 Å². The molecule has 1 aliphatic carbocycles. The first kappa shape index (κ1) is 35.0. The first-order valence-electron chi connectivity index (χ1n) is 17.0. The molecule has 12 heteroatoms. The number of likely N-dealkylation sites (tertiary alicyclic amines) is 1. The lowest BCUT2D eigenvalue weighted by atomic mass is 9.82. The van der Waals surface area contributed by atoms with Crippen LogP contribution in [0, 0.1) is 5.41 Å². The first-order valence-corrected chi connectivity index (χ1v) is 19.1. The highest BCUT2D eigenvalue weighted by Gasteiger charge is 2.47. The van der Waals surface area contributed by atoms with E-state index in [0.717, 1.165) is 56.2 Å². The van der Waals surface area contributed by atoms with Gasteiger partial charge in [0.25, 0.3) is 0 Å². The van der Waals surface area contributed by atoms with Crippen LogP contribution in [-0.2, 0) is 20.8 Å². The third kappa shape index (κ3) is 9.19. The summed E-state index contributed by atoms with van der Waals surface area (Å²) in [5, 5.41) is 7.10. The van der Waals surface area contributed by atoms with Gasteiger partial charge >= 0.3 is 6.18 Å². The molecule has 45 heavy (non-hydrogen) atoms. The fraction of sp³-hybridized carbons (Fsp3) is 0.818. The van der Waals surface area contributed by atoms with Crippen LogP contribution >= 0.6 is 0 Å². The summed E-state index contributed by atoms with van der Waals surface area (Å²) in [6.45, 7) is 2.49. The molecule has 0 aromatic heterocycles. The van der Waals surface area contributed by atoms with Crippen molar-refractivity contribution in [3.05, 3.63) is 35.4 Å². The lowest BCUT2D eigenvalue weighted by Gasteiger charge is -2.51. The van der Waals surface area contributed by atoms with Gasteiger partial charge in [0.05, 0.1) is 30.3 Å². The van der Waals surface area contributed by atoms with Crippen LogP contribution < -0.4 is 10.6 Å². The standard InChI is InChI=1S/C33H52F4N4O3S/c1-45(42,43)23-32(17-20-44-21-18-32)22-38-30-29(34)31(39-24-41(30)27-10-7-5-3-2-4-6-8-11-27)40-19-9-12-28(40)25-13-15-26(16-14-25)33(35,36)37/h13-16,27-31,38-39H,2-12,17-24H2,1H3/t28-,29?,30?,31?/m1/s1. The fourth-order valence-corrected chi connectivity index (χ4v) is 9.70. The fourth-order valence-electron chi connectivity index (χ4n) is 8.20. The van der Waals surface area contributed by atoms with E-state index in [9.17, 15) is 21.6 Å². The van der Waals surface area contributed by atoms with Crippen molar-refractivity contribution < 1.29 is 30.7 Å². The minimum Gasteiger partial charge on any atom is -0.381 e. The summed E-state index contributed by atoms with van der Waals surface area (Å²) >= 11 is 0. The van der Waals surface area contributed by atoms with Gasteiger partial charge in [-0.15, -0.1) is 0 Å². The minimum atomic E-state index is -4.40. The average Bonchev–Trinajstić information content (AvgIpc) is 3.48. The Morgan fingerprint density at radius 3 is 2.16 bits per heavy atom. The molecule has 2 N–H and O–H groups in total. The largest absolute Gasteiger partial charge is 0.416 e. The number of halogens is 4. The van der Waals surface area contributed by atoms with Crippen molar-refractivity contribution in [3.63, 3.8) is 0 Å². The number of ether oxygens (including phenoxy) is 1. The molecule has 3 heterocycles. The van der Waals surface area contributed by atoms with E-state index in [2.05, 4.69) is 20.4 Å². The zero-order chi connectivity index (χ0) is 32.1. The molecule has 0 radical (unpaired) electrons. The summed E-state index contributed by atoms with van der Waals surface area (Å²) in [6, 6.07) is 5.32. The molecule has 0 bridgehead atoms. The van der Waals surface area contributed by atoms with Crippen LogP contribution in [0.3, 0.4) is 0 Å². The average molecular weight is 661 g/mol. The van der Waals surface area contributed by atoms with Crippen LogP contribution in [0.25, 0.3) is 0 Å². The van der Waals surface area contributed by atoms with E-state index in [1.54, 1.807) is 0 Å². The summed E-state index contributed by atoms with van der Waals surface area (Å²) < 4.78 is 87.5. The molecule has 7 nitrogen and oxygen atoms in total. The number of benzene rings is 1. The Hall–Kier alpha value is -1.31. The van der Waals surface area contributed by atoms with Crippen LogP contribution in [0.1, 0.15) is 101 Å². The van der Waals surface area contributed by atoms with E-state index in [1.807, 2.05) is 0 Å². The third-order valence-electron chi connectivity index (χ3n) is 10.6. The summed E-state index contributed by atoms with van der Waals surface area (Å²) in [5.41, 5.74) is -0.440. The van der Waals surface area contributed by atoms with E-state index < -0.39 is 45.5 Å². The molecule has 1 aromatic rings. The molecule has 256 valence electrons. The van der Waals surface area contributed by atoms with Crippen molar-refractivity contribution in [1.29, 1.82) is 0 Å². The molecule has 4 atom stereocenters. The number of alkyl halides is 4. The highest BCUT2D eigenvalue weighted by Crippen LogP contribution is 2.39. The maximum atomic E-state index is 17.1. The van der Waals surface area contributed by atoms with Gasteiger partial charge in [0, 0.05) is 50.1 Å². The van der Waals surface area contributed by atoms with E-state index in [4.69, 9.17) is 4.74 Å². The highest BCUT2D eigenvalue weighted by atomic mass is 32.2. The zero-order valence-electron chi connectivity index (χ0n) is 26.7. The van der Waals surface area contributed by atoms with Crippen LogP contribution in [0.5, 0.6) is 0 Å². The van der Waals surface area contributed by atoms with Crippen LogP contribution in [0.15, 0.2) is 24.3 Å². The molecule has 4 fully saturated rings. The maximum absolute atomic E-state index is 17.1. The zero-order valence-corrected chi connectivity index (χ0v) is 27.5. The van der Waals surface area contributed by atoms with Gasteiger partial charge in [-0.3, -0.25) is 20.4 Å². The van der Waals surface area contributed by atoms with Crippen molar-refractivity contribution in [2.75, 3.05) is 45.0 Å². The van der Waals surface area contributed by atoms with E-state index in [1.165, 1.54) is 50.5 Å². The van der Waals surface area contributed by atoms with Crippen LogP contribution in [0.2, 0.25) is 0 Å². The normalized spacial score (nSPS) is 30.3. The Bertz CT molecular complexity index is 1170. The van der Waals surface area contributed by atoms with Crippen LogP contribution in [0.4, 0.5) is 17.6 Å². The Kier molecular flexibility index (Phi) is 11.9. The lowest BCUT2D eigenvalue weighted by molar-refractivity contribution is -0.137. The summed E-state index contributed by atoms with van der Waals surface area (Å²) in [4.78, 5) is 4.34. The molecule has 4 aliphatic rings. The number of hydrogen-bond donors (Lipinski definition) is 2. The lowest BCUT2D eigenvalue weighted by Crippen LogP contribution is -2.71. The number of sulfone groups is 1. The molecular weight excluding hydrogens is 608 g/mol.